The zero-order chi connectivity index (χ0) is 18.4. The smallest absolute Gasteiger partial charge is 0.345 e. The van der Waals surface area contributed by atoms with Crippen molar-refractivity contribution in [2.24, 2.45) is 0 Å². The van der Waals surface area contributed by atoms with E-state index in [2.05, 4.69) is 15.6 Å². The first kappa shape index (κ1) is 18.7. The summed E-state index contributed by atoms with van der Waals surface area (Å²) in [5, 5.41) is 9.18. The molecule has 0 unspecified atom stereocenters. The van der Waals surface area contributed by atoms with E-state index in [0.29, 0.717) is 5.69 Å². The first-order valence-corrected chi connectivity index (χ1v) is 8.02. The number of alkyl halides is 3. The summed E-state index contributed by atoms with van der Waals surface area (Å²) in [6, 6.07) is 6.18. The zero-order valence-corrected chi connectivity index (χ0v) is 13.9. The second-order valence-electron chi connectivity index (χ2n) is 5.03. The summed E-state index contributed by atoms with van der Waals surface area (Å²) in [4.78, 5) is 27.2. The van der Waals surface area contributed by atoms with E-state index in [9.17, 15) is 22.8 Å². The van der Waals surface area contributed by atoms with Crippen LogP contribution in [-0.4, -0.2) is 36.2 Å². The normalized spacial score (nSPS) is 11.0. The van der Waals surface area contributed by atoms with Crippen molar-refractivity contribution in [2.45, 2.75) is 13.1 Å². The lowest BCUT2D eigenvalue weighted by Gasteiger charge is -2.10. The Hall–Kier alpha value is -2.62. The summed E-state index contributed by atoms with van der Waals surface area (Å²) >= 11 is 1.53. The van der Waals surface area contributed by atoms with Gasteiger partial charge in [0.05, 0.1) is 17.2 Å². The maximum atomic E-state index is 11.9. The Morgan fingerprint density at radius 3 is 2.40 bits per heavy atom. The van der Waals surface area contributed by atoms with Gasteiger partial charge in [0.2, 0.25) is 5.91 Å². The number of carbonyl (C=O) groups excluding carboxylic acids is 2. The van der Waals surface area contributed by atoms with Crippen molar-refractivity contribution in [2.75, 3.05) is 18.4 Å². The first-order valence-electron chi connectivity index (χ1n) is 7.14. The zero-order valence-electron chi connectivity index (χ0n) is 13.1. The highest BCUT2D eigenvalue weighted by Crippen LogP contribution is 2.23. The number of anilines is 1. The number of benzene rings is 1. The number of rotatable bonds is 5. The average molecular weight is 372 g/mol. The van der Waals surface area contributed by atoms with Gasteiger partial charge in [-0.3, -0.25) is 4.79 Å². The maximum absolute atomic E-state index is 11.9. The number of nitrogens with one attached hydrogen (secondary N) is 3. The molecule has 0 spiro atoms. The summed E-state index contributed by atoms with van der Waals surface area (Å²) in [5.41, 5.74) is 2.20. The van der Waals surface area contributed by atoms with Gasteiger partial charge in [-0.1, -0.05) is 12.1 Å². The molecule has 0 radical (unpaired) electrons. The van der Waals surface area contributed by atoms with Crippen molar-refractivity contribution in [3.8, 4) is 11.3 Å². The number of amides is 3. The third-order valence-corrected chi connectivity index (χ3v) is 3.73. The van der Waals surface area contributed by atoms with E-state index < -0.39 is 31.2 Å². The SMILES string of the molecule is Cc1nc(-c2ccc(NC(=O)NCC(=O)NCC(F)(F)F)cc2)cs1. The van der Waals surface area contributed by atoms with Crippen LogP contribution in [0.15, 0.2) is 29.6 Å². The van der Waals surface area contributed by atoms with Crippen LogP contribution in [0.5, 0.6) is 0 Å². The highest BCUT2D eigenvalue weighted by Gasteiger charge is 2.27. The van der Waals surface area contributed by atoms with Crippen molar-refractivity contribution in [1.82, 2.24) is 15.6 Å². The van der Waals surface area contributed by atoms with E-state index in [1.807, 2.05) is 12.3 Å². The van der Waals surface area contributed by atoms with E-state index in [0.717, 1.165) is 16.3 Å². The van der Waals surface area contributed by atoms with E-state index in [1.54, 1.807) is 29.6 Å². The molecule has 6 nitrogen and oxygen atoms in total. The summed E-state index contributed by atoms with van der Waals surface area (Å²) in [7, 11) is 0. The number of hydrogen-bond donors (Lipinski definition) is 3. The molecule has 0 saturated carbocycles. The Labute approximate surface area is 145 Å². The minimum atomic E-state index is -4.49. The molecule has 0 aliphatic heterocycles. The molecule has 1 heterocycles. The second kappa shape index (κ2) is 7.97. The minimum absolute atomic E-state index is 0.476. The summed E-state index contributed by atoms with van der Waals surface area (Å²) in [6.45, 7) is -0.0932. The Bertz CT molecular complexity index is 744. The van der Waals surface area contributed by atoms with Crippen LogP contribution < -0.4 is 16.0 Å². The topological polar surface area (TPSA) is 83.1 Å². The van der Waals surface area contributed by atoms with Crippen molar-refractivity contribution in [1.29, 1.82) is 0 Å². The predicted molar refractivity (Wildman–Crippen MR) is 88.4 cm³/mol. The van der Waals surface area contributed by atoms with Gasteiger partial charge in [0.25, 0.3) is 0 Å². The highest BCUT2D eigenvalue weighted by atomic mass is 32.1. The molecular formula is C15H15F3N4O2S. The molecule has 0 saturated heterocycles. The molecule has 2 rings (SSSR count). The molecule has 0 atom stereocenters. The summed E-state index contributed by atoms with van der Waals surface area (Å²) < 4.78 is 35.8. The lowest BCUT2D eigenvalue weighted by atomic mass is 10.1. The first-order chi connectivity index (χ1) is 11.7. The van der Waals surface area contributed by atoms with Crippen LogP contribution in [0.1, 0.15) is 5.01 Å². The highest BCUT2D eigenvalue weighted by molar-refractivity contribution is 7.09. The third kappa shape index (κ3) is 6.42. The molecular weight excluding hydrogens is 357 g/mol. The minimum Gasteiger partial charge on any atom is -0.345 e. The Kier molecular flexibility index (Phi) is 5.97. The van der Waals surface area contributed by atoms with Crippen LogP contribution in [-0.2, 0) is 4.79 Å². The Morgan fingerprint density at radius 2 is 1.84 bits per heavy atom. The monoisotopic (exact) mass is 372 g/mol. The van der Waals surface area contributed by atoms with Crippen LogP contribution in [0.3, 0.4) is 0 Å². The Balaban J connectivity index is 1.79. The largest absolute Gasteiger partial charge is 0.405 e. The molecule has 0 aliphatic carbocycles. The van der Waals surface area contributed by atoms with Crippen LogP contribution in [0.4, 0.5) is 23.7 Å². The second-order valence-corrected chi connectivity index (χ2v) is 6.09. The number of nitrogens with zero attached hydrogens (tertiary/aromatic N) is 1. The number of carbonyl (C=O) groups is 2. The number of aromatic nitrogens is 1. The van der Waals surface area contributed by atoms with Crippen molar-refractivity contribution in [3.05, 3.63) is 34.7 Å². The third-order valence-electron chi connectivity index (χ3n) is 2.95. The fraction of sp³-hybridized carbons (Fsp3) is 0.267. The van der Waals surface area contributed by atoms with Crippen molar-refractivity contribution in [3.63, 3.8) is 0 Å². The number of thiazole rings is 1. The lowest BCUT2D eigenvalue weighted by molar-refractivity contribution is -0.137. The number of halogens is 3. The molecule has 10 heteroatoms. The van der Waals surface area contributed by atoms with Gasteiger partial charge in [0.15, 0.2) is 0 Å². The van der Waals surface area contributed by atoms with Crippen LogP contribution in [0.25, 0.3) is 11.3 Å². The molecule has 0 aliphatic rings. The predicted octanol–water partition coefficient (Wildman–Crippen LogP) is 2.92. The lowest BCUT2D eigenvalue weighted by Crippen LogP contribution is -2.42. The van der Waals surface area contributed by atoms with Gasteiger partial charge < -0.3 is 16.0 Å². The van der Waals surface area contributed by atoms with Gasteiger partial charge in [0.1, 0.15) is 6.54 Å². The number of hydrogen-bond acceptors (Lipinski definition) is 4. The van der Waals surface area contributed by atoms with Crippen molar-refractivity contribution >= 4 is 29.0 Å². The van der Waals surface area contributed by atoms with Crippen LogP contribution in [0.2, 0.25) is 0 Å². The van der Waals surface area contributed by atoms with E-state index in [1.165, 1.54) is 11.3 Å². The van der Waals surface area contributed by atoms with Gasteiger partial charge in [-0.15, -0.1) is 11.3 Å². The Morgan fingerprint density at radius 1 is 1.16 bits per heavy atom. The summed E-state index contributed by atoms with van der Waals surface area (Å²) in [5.74, 6) is -0.929. The van der Waals surface area contributed by atoms with Gasteiger partial charge in [0, 0.05) is 16.6 Å². The maximum Gasteiger partial charge on any atom is 0.405 e. The van der Waals surface area contributed by atoms with Gasteiger partial charge in [-0.2, -0.15) is 13.2 Å². The molecule has 1 aromatic carbocycles. The molecule has 3 N–H and O–H groups in total. The molecule has 0 fully saturated rings. The molecule has 1 aromatic heterocycles. The molecule has 134 valence electrons. The number of urea groups is 1. The molecule has 0 bridgehead atoms. The fourth-order valence-corrected chi connectivity index (χ4v) is 2.44. The average Bonchev–Trinajstić information content (AvgIpc) is 2.97. The van der Waals surface area contributed by atoms with Gasteiger partial charge in [-0.25, -0.2) is 9.78 Å². The fourth-order valence-electron chi connectivity index (χ4n) is 1.82. The standard InChI is InChI=1S/C15H15F3N4O2S/c1-9-21-12(7-25-9)10-2-4-11(5-3-10)22-14(24)19-6-13(23)20-8-15(16,17)18/h2-5,7H,6,8H2,1H3,(H,20,23)(H2,19,22,24). The summed E-state index contributed by atoms with van der Waals surface area (Å²) in [6.07, 6.45) is -4.49. The van der Waals surface area contributed by atoms with Gasteiger partial charge in [-0.05, 0) is 19.1 Å². The van der Waals surface area contributed by atoms with Crippen LogP contribution in [0, 0.1) is 6.92 Å². The molecule has 3 amide bonds. The molecule has 2 aromatic rings. The number of aryl methyl sites for hydroxylation is 1. The van der Waals surface area contributed by atoms with Crippen LogP contribution >= 0.6 is 11.3 Å². The van der Waals surface area contributed by atoms with E-state index >= 15 is 0 Å². The van der Waals surface area contributed by atoms with E-state index in [-0.39, 0.29) is 0 Å². The van der Waals surface area contributed by atoms with E-state index in [4.69, 9.17) is 0 Å². The quantitative estimate of drug-likeness (QED) is 0.755. The van der Waals surface area contributed by atoms with Gasteiger partial charge >= 0.3 is 12.2 Å². The van der Waals surface area contributed by atoms with Crippen molar-refractivity contribution < 1.29 is 22.8 Å². The molecule has 25 heavy (non-hydrogen) atoms.